The molecule has 1 aliphatic rings. The summed E-state index contributed by atoms with van der Waals surface area (Å²) in [7, 11) is 0. The molecule has 0 spiro atoms. The lowest BCUT2D eigenvalue weighted by Crippen LogP contribution is -2.40. The lowest BCUT2D eigenvalue weighted by Gasteiger charge is -2.34. The number of aromatic nitrogens is 2. The highest BCUT2D eigenvalue weighted by Gasteiger charge is 2.22. The Morgan fingerprint density at radius 1 is 1.41 bits per heavy atom. The van der Waals surface area contributed by atoms with Gasteiger partial charge < -0.3 is 10.6 Å². The first-order valence-corrected chi connectivity index (χ1v) is 6.78. The molecule has 0 bridgehead atoms. The highest BCUT2D eigenvalue weighted by molar-refractivity contribution is 7.99. The van der Waals surface area contributed by atoms with Gasteiger partial charge in [-0.3, -0.25) is 0 Å². The molecule has 1 aliphatic heterocycles. The van der Waals surface area contributed by atoms with Gasteiger partial charge in [0.15, 0.2) is 11.0 Å². The molecular weight excluding hydrogens is 236 g/mol. The van der Waals surface area contributed by atoms with Crippen LogP contribution in [-0.4, -0.2) is 34.4 Å². The van der Waals surface area contributed by atoms with Crippen LogP contribution < -0.4 is 10.6 Å². The van der Waals surface area contributed by atoms with Crippen molar-refractivity contribution in [2.75, 3.05) is 28.7 Å². The van der Waals surface area contributed by atoms with Gasteiger partial charge in [0.2, 0.25) is 0 Å². The lowest BCUT2D eigenvalue weighted by molar-refractivity contribution is 0.315. The molecule has 0 saturated carbocycles. The molecule has 1 fully saturated rings. The molecule has 1 saturated heterocycles. The topological polar surface area (TPSA) is 68.2 Å². The summed E-state index contributed by atoms with van der Waals surface area (Å²) in [6.45, 7) is 3.25. The summed E-state index contributed by atoms with van der Waals surface area (Å²) in [5.41, 5.74) is 8.96. The van der Waals surface area contributed by atoms with Gasteiger partial charge >= 0.3 is 0 Å². The highest BCUT2D eigenvalue weighted by Crippen LogP contribution is 2.31. The van der Waals surface area contributed by atoms with Gasteiger partial charge in [-0.1, -0.05) is 0 Å². The normalized spacial score (nSPS) is 21.0. The second-order valence-electron chi connectivity index (χ2n) is 4.25. The van der Waals surface area contributed by atoms with Crippen LogP contribution >= 0.6 is 11.8 Å². The summed E-state index contributed by atoms with van der Waals surface area (Å²) in [5, 5.41) is 7.83. The molecule has 1 atom stereocenters. The van der Waals surface area contributed by atoms with Gasteiger partial charge in [-0.15, -0.1) is 0 Å². The average Bonchev–Trinajstić information content (AvgIpc) is 2.81. The minimum Gasteiger partial charge on any atom is -0.397 e. The van der Waals surface area contributed by atoms with Crippen LogP contribution in [0.25, 0.3) is 11.0 Å². The van der Waals surface area contributed by atoms with Gasteiger partial charge in [0.25, 0.3) is 0 Å². The summed E-state index contributed by atoms with van der Waals surface area (Å²) >= 11 is 1.99. The fourth-order valence-corrected chi connectivity index (χ4v) is 3.20. The van der Waals surface area contributed by atoms with Gasteiger partial charge in [-0.25, -0.2) is 4.63 Å². The van der Waals surface area contributed by atoms with Crippen molar-refractivity contribution in [2.45, 2.75) is 13.0 Å². The number of benzene rings is 1. The van der Waals surface area contributed by atoms with E-state index < -0.39 is 0 Å². The number of fused-ring (bicyclic) bond motifs is 1. The van der Waals surface area contributed by atoms with Gasteiger partial charge in [-0.05, 0) is 29.4 Å². The Labute approximate surface area is 103 Å². The second kappa shape index (κ2) is 4.10. The number of anilines is 2. The molecule has 2 N–H and O–H groups in total. The highest BCUT2D eigenvalue weighted by atomic mass is 32.2. The fraction of sp³-hybridized carbons (Fsp3) is 0.455. The number of thioether (sulfide) groups is 1. The summed E-state index contributed by atoms with van der Waals surface area (Å²) in [4.78, 5) is 2.35. The van der Waals surface area contributed by atoms with Gasteiger partial charge in [-0.2, -0.15) is 11.8 Å². The molecule has 0 amide bonds. The largest absolute Gasteiger partial charge is 0.397 e. The fourth-order valence-electron chi connectivity index (χ4n) is 2.19. The third kappa shape index (κ3) is 1.72. The second-order valence-corrected chi connectivity index (χ2v) is 5.40. The molecule has 2 aromatic rings. The predicted molar refractivity (Wildman–Crippen MR) is 70.3 cm³/mol. The van der Waals surface area contributed by atoms with Gasteiger partial charge in [0.1, 0.15) is 0 Å². The van der Waals surface area contributed by atoms with E-state index in [1.54, 1.807) is 0 Å². The van der Waals surface area contributed by atoms with Crippen molar-refractivity contribution in [3.63, 3.8) is 0 Å². The molecule has 3 rings (SSSR count). The first-order chi connectivity index (χ1) is 8.27. The van der Waals surface area contributed by atoms with E-state index in [1.807, 2.05) is 23.9 Å². The van der Waals surface area contributed by atoms with E-state index in [4.69, 9.17) is 10.4 Å². The van der Waals surface area contributed by atoms with E-state index in [2.05, 4.69) is 22.1 Å². The van der Waals surface area contributed by atoms with E-state index in [-0.39, 0.29) is 0 Å². The molecule has 5 nitrogen and oxygen atoms in total. The minimum absolute atomic E-state index is 0.497. The molecular formula is C11H14N4OS. The van der Waals surface area contributed by atoms with E-state index in [0.29, 0.717) is 17.2 Å². The predicted octanol–water partition coefficient (Wildman–Crippen LogP) is 1.75. The Bertz CT molecular complexity index is 541. The molecule has 0 radical (unpaired) electrons. The number of rotatable bonds is 1. The third-order valence-electron chi connectivity index (χ3n) is 3.10. The van der Waals surface area contributed by atoms with Crippen molar-refractivity contribution in [3.8, 4) is 0 Å². The summed E-state index contributed by atoms with van der Waals surface area (Å²) in [6, 6.07) is 4.38. The van der Waals surface area contributed by atoms with Crippen molar-refractivity contribution >= 4 is 34.2 Å². The zero-order valence-corrected chi connectivity index (χ0v) is 10.4. The van der Waals surface area contributed by atoms with E-state index in [9.17, 15) is 0 Å². The summed E-state index contributed by atoms with van der Waals surface area (Å²) in [5.74, 6) is 2.28. The van der Waals surface area contributed by atoms with Crippen LogP contribution in [0.15, 0.2) is 16.8 Å². The van der Waals surface area contributed by atoms with Crippen LogP contribution in [0.5, 0.6) is 0 Å². The number of hydrogen-bond acceptors (Lipinski definition) is 6. The zero-order chi connectivity index (χ0) is 11.8. The Morgan fingerprint density at radius 3 is 3.06 bits per heavy atom. The van der Waals surface area contributed by atoms with Crippen LogP contribution in [0.3, 0.4) is 0 Å². The monoisotopic (exact) mass is 250 g/mol. The number of nitrogens with zero attached hydrogens (tertiary/aromatic N) is 3. The van der Waals surface area contributed by atoms with Crippen LogP contribution in [-0.2, 0) is 0 Å². The Balaban J connectivity index is 2.10. The van der Waals surface area contributed by atoms with Crippen molar-refractivity contribution in [3.05, 3.63) is 12.1 Å². The van der Waals surface area contributed by atoms with E-state index in [0.717, 1.165) is 29.3 Å². The van der Waals surface area contributed by atoms with Crippen LogP contribution in [0.1, 0.15) is 6.92 Å². The lowest BCUT2D eigenvalue weighted by atomic mass is 10.2. The Hall–Kier alpha value is -1.43. The van der Waals surface area contributed by atoms with Gasteiger partial charge in [0.05, 0.1) is 11.4 Å². The van der Waals surface area contributed by atoms with Crippen LogP contribution in [0.2, 0.25) is 0 Å². The molecule has 17 heavy (non-hydrogen) atoms. The van der Waals surface area contributed by atoms with Crippen LogP contribution in [0, 0.1) is 0 Å². The number of nitrogens with two attached hydrogens (primary N) is 1. The maximum atomic E-state index is 5.85. The van der Waals surface area contributed by atoms with Crippen molar-refractivity contribution in [1.29, 1.82) is 0 Å². The maximum absolute atomic E-state index is 5.85. The molecule has 1 aromatic carbocycles. The van der Waals surface area contributed by atoms with E-state index in [1.165, 1.54) is 0 Å². The SMILES string of the molecule is CC1CSCCN1c1ccc(N)c2nonc12. The van der Waals surface area contributed by atoms with E-state index >= 15 is 0 Å². The third-order valence-corrected chi connectivity index (χ3v) is 4.29. The summed E-state index contributed by atoms with van der Waals surface area (Å²) in [6.07, 6.45) is 0. The molecule has 0 aliphatic carbocycles. The van der Waals surface area contributed by atoms with Crippen molar-refractivity contribution in [1.82, 2.24) is 10.3 Å². The zero-order valence-electron chi connectivity index (χ0n) is 9.59. The number of hydrogen-bond donors (Lipinski definition) is 1. The molecule has 1 unspecified atom stereocenters. The minimum atomic E-state index is 0.497. The molecule has 6 heteroatoms. The van der Waals surface area contributed by atoms with Crippen molar-refractivity contribution in [2.24, 2.45) is 0 Å². The van der Waals surface area contributed by atoms with Crippen molar-refractivity contribution < 1.29 is 4.63 Å². The molecule has 1 aromatic heterocycles. The van der Waals surface area contributed by atoms with Gasteiger partial charge in [0, 0.05) is 24.1 Å². The Morgan fingerprint density at radius 2 is 2.24 bits per heavy atom. The maximum Gasteiger partial charge on any atom is 0.160 e. The first kappa shape index (κ1) is 10.7. The van der Waals surface area contributed by atoms with Crippen LogP contribution in [0.4, 0.5) is 11.4 Å². The molecule has 90 valence electrons. The standard InChI is InChI=1S/C11H14N4OS/c1-7-6-17-5-4-15(7)9-3-2-8(12)10-11(9)14-16-13-10/h2-3,7H,4-6,12H2,1H3. The Kier molecular flexibility index (Phi) is 2.58. The first-order valence-electron chi connectivity index (χ1n) is 5.62. The summed E-state index contributed by atoms with van der Waals surface area (Å²) < 4.78 is 4.80. The average molecular weight is 250 g/mol. The number of nitrogen functional groups attached to an aromatic ring is 1. The smallest absolute Gasteiger partial charge is 0.160 e. The molecule has 2 heterocycles. The quantitative estimate of drug-likeness (QED) is 0.778.